The van der Waals surface area contributed by atoms with Crippen LogP contribution in [0.4, 0.5) is 11.4 Å². The molecule has 3 rings (SSSR count). The van der Waals surface area contributed by atoms with Crippen molar-refractivity contribution in [3.8, 4) is 5.75 Å². The summed E-state index contributed by atoms with van der Waals surface area (Å²) in [7, 11) is 0. The molecule has 0 unspecified atom stereocenters. The number of nitro groups is 1. The number of benzene rings is 2. The zero-order valence-corrected chi connectivity index (χ0v) is 14.4. The summed E-state index contributed by atoms with van der Waals surface area (Å²) in [6, 6.07) is 12.2. The Morgan fingerprint density at radius 1 is 1.19 bits per heavy atom. The molecule has 0 bridgehead atoms. The minimum Gasteiger partial charge on any atom is -0.485 e. The predicted octanol–water partition coefficient (Wildman–Crippen LogP) is 3.37. The van der Waals surface area contributed by atoms with Gasteiger partial charge in [-0.3, -0.25) is 14.9 Å². The number of aromatic nitrogens is 2. The zero-order chi connectivity index (χ0) is 19.2. The second-order valence-electron chi connectivity index (χ2n) is 5.53. The van der Waals surface area contributed by atoms with Gasteiger partial charge in [-0.1, -0.05) is 12.1 Å². The molecular weight excluding hydrogens is 352 g/mol. The molecule has 0 spiro atoms. The molecular formula is C18H16N4O5. The Hall–Kier alpha value is -3.75. The summed E-state index contributed by atoms with van der Waals surface area (Å²) >= 11 is 0. The second-order valence-corrected chi connectivity index (χ2v) is 5.53. The van der Waals surface area contributed by atoms with Crippen LogP contribution in [0, 0.1) is 10.1 Å². The van der Waals surface area contributed by atoms with Gasteiger partial charge in [-0.25, -0.2) is 0 Å². The first kappa shape index (κ1) is 18.1. The number of amides is 1. The average molecular weight is 368 g/mol. The Morgan fingerprint density at radius 3 is 2.48 bits per heavy atom. The summed E-state index contributed by atoms with van der Waals surface area (Å²) in [5.74, 6) is 1.23. The van der Waals surface area contributed by atoms with E-state index < -0.39 is 4.92 Å². The van der Waals surface area contributed by atoms with Gasteiger partial charge in [0.2, 0.25) is 11.7 Å². The molecule has 9 heteroatoms. The summed E-state index contributed by atoms with van der Waals surface area (Å²) < 4.78 is 10.6. The van der Waals surface area contributed by atoms with Crippen molar-refractivity contribution in [3.05, 3.63) is 75.9 Å². The first-order chi connectivity index (χ1) is 13.0. The Labute approximate surface area is 154 Å². The average Bonchev–Trinajstić information content (AvgIpc) is 3.15. The van der Waals surface area contributed by atoms with Gasteiger partial charge in [0.25, 0.3) is 11.6 Å². The third-order valence-electron chi connectivity index (χ3n) is 3.63. The molecule has 9 nitrogen and oxygen atoms in total. The van der Waals surface area contributed by atoms with Crippen molar-refractivity contribution >= 4 is 17.3 Å². The number of aryl methyl sites for hydroxylation is 1. The van der Waals surface area contributed by atoms with Crippen LogP contribution < -0.4 is 10.1 Å². The third kappa shape index (κ3) is 4.66. The number of nitrogens with one attached hydrogen (secondary N) is 1. The fraction of sp³-hybridized carbons (Fsp3) is 0.167. The van der Waals surface area contributed by atoms with E-state index in [-0.39, 0.29) is 18.2 Å². The van der Waals surface area contributed by atoms with E-state index in [1.807, 2.05) is 6.92 Å². The van der Waals surface area contributed by atoms with Crippen molar-refractivity contribution in [2.24, 2.45) is 0 Å². The van der Waals surface area contributed by atoms with E-state index in [9.17, 15) is 14.9 Å². The molecule has 0 aliphatic carbocycles. The third-order valence-corrected chi connectivity index (χ3v) is 3.63. The predicted molar refractivity (Wildman–Crippen MR) is 95.5 cm³/mol. The highest BCUT2D eigenvalue weighted by molar-refractivity contribution is 6.04. The number of anilines is 1. The molecule has 0 aliphatic heterocycles. The fourth-order valence-electron chi connectivity index (χ4n) is 2.21. The Kier molecular flexibility index (Phi) is 5.41. The molecule has 0 atom stereocenters. The standard InChI is InChI=1S/C18H16N4O5/c1-2-17-20-16(21-27-17)11-26-15-9-3-12(4-10-15)18(23)19-13-5-7-14(8-6-13)22(24)25/h3-10H,2,11H2,1H3,(H,19,23). The van der Waals surface area contributed by atoms with E-state index in [1.54, 1.807) is 24.3 Å². The summed E-state index contributed by atoms with van der Waals surface area (Å²) in [4.78, 5) is 26.5. The largest absolute Gasteiger partial charge is 0.485 e. The molecule has 1 heterocycles. The lowest BCUT2D eigenvalue weighted by Crippen LogP contribution is -2.11. The number of hydrogen-bond acceptors (Lipinski definition) is 7. The van der Waals surface area contributed by atoms with Crippen LogP contribution in [0.15, 0.2) is 53.1 Å². The second kappa shape index (κ2) is 8.09. The van der Waals surface area contributed by atoms with E-state index in [0.717, 1.165) is 0 Å². The maximum atomic E-state index is 12.2. The minimum atomic E-state index is -0.498. The number of ether oxygens (including phenoxy) is 1. The van der Waals surface area contributed by atoms with Crippen molar-refractivity contribution in [2.45, 2.75) is 20.0 Å². The zero-order valence-electron chi connectivity index (χ0n) is 14.4. The monoisotopic (exact) mass is 368 g/mol. The number of rotatable bonds is 7. The lowest BCUT2D eigenvalue weighted by Gasteiger charge is -2.07. The van der Waals surface area contributed by atoms with Crippen LogP contribution in [-0.2, 0) is 13.0 Å². The van der Waals surface area contributed by atoms with Gasteiger partial charge in [-0.05, 0) is 36.4 Å². The molecule has 3 aromatic rings. The van der Waals surface area contributed by atoms with E-state index in [0.29, 0.717) is 35.1 Å². The molecule has 0 fully saturated rings. The molecule has 1 N–H and O–H groups in total. The van der Waals surface area contributed by atoms with Crippen LogP contribution in [-0.4, -0.2) is 21.0 Å². The maximum Gasteiger partial charge on any atom is 0.269 e. The molecule has 0 aliphatic rings. The number of carbonyl (C=O) groups excluding carboxylic acids is 1. The Balaban J connectivity index is 1.57. The minimum absolute atomic E-state index is 0.0397. The first-order valence-corrected chi connectivity index (χ1v) is 8.15. The molecule has 1 amide bonds. The van der Waals surface area contributed by atoms with Crippen LogP contribution >= 0.6 is 0 Å². The highest BCUT2D eigenvalue weighted by Crippen LogP contribution is 2.18. The Bertz CT molecular complexity index is 935. The lowest BCUT2D eigenvalue weighted by molar-refractivity contribution is -0.384. The molecule has 138 valence electrons. The van der Waals surface area contributed by atoms with Crippen molar-refractivity contribution < 1.29 is 19.0 Å². The molecule has 0 saturated carbocycles. The summed E-state index contributed by atoms with van der Waals surface area (Å²) in [5, 5.41) is 17.1. The number of non-ortho nitro benzene ring substituents is 1. The van der Waals surface area contributed by atoms with Crippen molar-refractivity contribution in [1.82, 2.24) is 10.1 Å². The molecule has 0 radical (unpaired) electrons. The van der Waals surface area contributed by atoms with E-state index in [2.05, 4.69) is 15.5 Å². The summed E-state index contributed by atoms with van der Waals surface area (Å²) in [6.07, 6.45) is 0.658. The first-order valence-electron chi connectivity index (χ1n) is 8.15. The van der Waals surface area contributed by atoms with Crippen LogP contribution in [0.25, 0.3) is 0 Å². The highest BCUT2D eigenvalue weighted by atomic mass is 16.6. The summed E-state index contributed by atoms with van der Waals surface area (Å²) in [6.45, 7) is 2.08. The number of nitrogens with zero attached hydrogens (tertiary/aromatic N) is 3. The van der Waals surface area contributed by atoms with Crippen LogP contribution in [0.3, 0.4) is 0 Å². The molecule has 1 aromatic heterocycles. The van der Waals surface area contributed by atoms with Gasteiger partial charge in [0.15, 0.2) is 6.61 Å². The van der Waals surface area contributed by atoms with Gasteiger partial charge in [0.1, 0.15) is 5.75 Å². The molecule has 2 aromatic carbocycles. The van der Waals surface area contributed by atoms with Crippen molar-refractivity contribution in [1.29, 1.82) is 0 Å². The van der Waals surface area contributed by atoms with Gasteiger partial charge in [0, 0.05) is 29.8 Å². The molecule has 0 saturated heterocycles. The number of nitro benzene ring substituents is 1. The molecule has 27 heavy (non-hydrogen) atoms. The number of hydrogen-bond donors (Lipinski definition) is 1. The Morgan fingerprint density at radius 2 is 1.89 bits per heavy atom. The van der Waals surface area contributed by atoms with Gasteiger partial charge >= 0.3 is 0 Å². The van der Waals surface area contributed by atoms with Gasteiger partial charge in [-0.15, -0.1) is 0 Å². The fourth-order valence-corrected chi connectivity index (χ4v) is 2.21. The SMILES string of the molecule is CCc1nc(COc2ccc(C(=O)Nc3ccc([N+](=O)[O-])cc3)cc2)no1. The highest BCUT2D eigenvalue weighted by Gasteiger charge is 2.09. The van der Waals surface area contributed by atoms with Crippen LogP contribution in [0.2, 0.25) is 0 Å². The smallest absolute Gasteiger partial charge is 0.269 e. The normalized spacial score (nSPS) is 10.4. The lowest BCUT2D eigenvalue weighted by atomic mass is 10.2. The van der Waals surface area contributed by atoms with Gasteiger partial charge < -0.3 is 14.6 Å². The van der Waals surface area contributed by atoms with Gasteiger partial charge in [0.05, 0.1) is 4.92 Å². The van der Waals surface area contributed by atoms with E-state index >= 15 is 0 Å². The van der Waals surface area contributed by atoms with E-state index in [4.69, 9.17) is 9.26 Å². The number of carbonyl (C=O) groups is 1. The maximum absolute atomic E-state index is 12.2. The van der Waals surface area contributed by atoms with Crippen molar-refractivity contribution in [2.75, 3.05) is 5.32 Å². The quantitative estimate of drug-likeness (QED) is 0.501. The van der Waals surface area contributed by atoms with Crippen LogP contribution in [0.5, 0.6) is 5.75 Å². The van der Waals surface area contributed by atoms with Gasteiger partial charge in [-0.2, -0.15) is 4.98 Å². The van der Waals surface area contributed by atoms with E-state index in [1.165, 1.54) is 24.3 Å². The van der Waals surface area contributed by atoms with Crippen molar-refractivity contribution in [3.63, 3.8) is 0 Å². The van der Waals surface area contributed by atoms with Crippen LogP contribution in [0.1, 0.15) is 29.0 Å². The topological polar surface area (TPSA) is 120 Å². The summed E-state index contributed by atoms with van der Waals surface area (Å²) in [5.41, 5.74) is 0.852.